The van der Waals surface area contributed by atoms with E-state index in [1.54, 1.807) is 31.4 Å². The number of halogens is 1. The lowest BCUT2D eigenvalue weighted by atomic mass is 10.1. The Hall–Kier alpha value is -1.88. The summed E-state index contributed by atoms with van der Waals surface area (Å²) in [5.41, 5.74) is 2.48. The lowest BCUT2D eigenvalue weighted by Crippen LogP contribution is -2.26. The molecule has 0 saturated carbocycles. The largest absolute Gasteiger partial charge is 0.385 e. The smallest absolute Gasteiger partial charge is 0.255 e. The van der Waals surface area contributed by atoms with Crippen LogP contribution in [-0.4, -0.2) is 25.7 Å². The van der Waals surface area contributed by atoms with Crippen LogP contribution in [0.1, 0.15) is 29.3 Å². The maximum Gasteiger partial charge on any atom is 0.255 e. The molecule has 2 aromatic rings. The predicted octanol–water partition coefficient (Wildman–Crippen LogP) is 4.11. The van der Waals surface area contributed by atoms with Crippen molar-refractivity contribution in [2.45, 2.75) is 25.9 Å². The third-order valence-electron chi connectivity index (χ3n) is 3.70. The van der Waals surface area contributed by atoms with Crippen molar-refractivity contribution in [3.8, 4) is 0 Å². The zero-order valence-electron chi connectivity index (χ0n) is 14.0. The molecule has 0 spiro atoms. The topological polar surface area (TPSA) is 50.4 Å². The summed E-state index contributed by atoms with van der Waals surface area (Å²) in [4.78, 5) is 12.2. The SMILES string of the molecule is COCCC(C)NCc1cccc(NC(=O)c2ccc(Cl)cc2)c1. The van der Waals surface area contributed by atoms with Gasteiger partial charge in [-0.25, -0.2) is 0 Å². The molecule has 0 saturated heterocycles. The molecule has 1 atom stereocenters. The molecule has 0 bridgehead atoms. The molecule has 0 aromatic heterocycles. The first-order valence-electron chi connectivity index (χ1n) is 7.96. The molecule has 5 heteroatoms. The van der Waals surface area contributed by atoms with E-state index in [-0.39, 0.29) is 5.91 Å². The molecule has 1 unspecified atom stereocenters. The number of rotatable bonds is 8. The van der Waals surface area contributed by atoms with Gasteiger partial charge in [-0.15, -0.1) is 0 Å². The Balaban J connectivity index is 1.92. The third kappa shape index (κ3) is 5.96. The summed E-state index contributed by atoms with van der Waals surface area (Å²) >= 11 is 5.84. The van der Waals surface area contributed by atoms with Crippen LogP contribution in [0.3, 0.4) is 0 Å². The molecule has 0 aliphatic carbocycles. The second-order valence-corrected chi connectivity index (χ2v) is 6.16. The van der Waals surface area contributed by atoms with E-state index in [1.807, 2.05) is 24.3 Å². The Labute approximate surface area is 148 Å². The monoisotopic (exact) mass is 346 g/mol. The molecule has 2 aromatic carbocycles. The first kappa shape index (κ1) is 18.5. The molecular weight excluding hydrogens is 324 g/mol. The zero-order chi connectivity index (χ0) is 17.4. The maximum atomic E-state index is 12.2. The standard InChI is InChI=1S/C19H23ClN2O2/c1-14(10-11-24-2)21-13-15-4-3-5-18(12-15)22-19(23)16-6-8-17(20)9-7-16/h3-9,12,14,21H,10-11,13H2,1-2H3,(H,22,23). The van der Waals surface area contributed by atoms with Gasteiger partial charge < -0.3 is 15.4 Å². The quantitative estimate of drug-likeness (QED) is 0.756. The van der Waals surface area contributed by atoms with Gasteiger partial charge in [0.15, 0.2) is 0 Å². The highest BCUT2D eigenvalue weighted by Crippen LogP contribution is 2.14. The van der Waals surface area contributed by atoms with E-state index in [1.165, 1.54) is 0 Å². The average Bonchev–Trinajstić information content (AvgIpc) is 2.59. The summed E-state index contributed by atoms with van der Waals surface area (Å²) in [5, 5.41) is 6.97. The van der Waals surface area contributed by atoms with E-state index >= 15 is 0 Å². The highest BCUT2D eigenvalue weighted by atomic mass is 35.5. The van der Waals surface area contributed by atoms with Gasteiger partial charge in [0.2, 0.25) is 0 Å². The van der Waals surface area contributed by atoms with Gasteiger partial charge in [-0.2, -0.15) is 0 Å². The minimum atomic E-state index is -0.148. The van der Waals surface area contributed by atoms with E-state index in [4.69, 9.17) is 16.3 Å². The number of hydrogen-bond donors (Lipinski definition) is 2. The van der Waals surface area contributed by atoms with Crippen LogP contribution in [0, 0.1) is 0 Å². The Morgan fingerprint density at radius 2 is 1.96 bits per heavy atom. The van der Waals surface area contributed by atoms with Gasteiger partial charge >= 0.3 is 0 Å². The van der Waals surface area contributed by atoms with Crippen molar-refractivity contribution >= 4 is 23.2 Å². The maximum absolute atomic E-state index is 12.2. The predicted molar refractivity (Wildman–Crippen MR) is 98.6 cm³/mol. The van der Waals surface area contributed by atoms with Crippen LogP contribution in [0.2, 0.25) is 5.02 Å². The highest BCUT2D eigenvalue weighted by Gasteiger charge is 2.07. The molecule has 0 aliphatic heterocycles. The van der Waals surface area contributed by atoms with Gasteiger partial charge in [-0.3, -0.25) is 4.79 Å². The van der Waals surface area contributed by atoms with Crippen LogP contribution < -0.4 is 10.6 Å². The Morgan fingerprint density at radius 3 is 2.67 bits per heavy atom. The second kappa shape index (κ2) is 9.42. The number of benzene rings is 2. The lowest BCUT2D eigenvalue weighted by Gasteiger charge is -2.14. The van der Waals surface area contributed by atoms with Crippen LogP contribution >= 0.6 is 11.6 Å². The lowest BCUT2D eigenvalue weighted by molar-refractivity contribution is 0.102. The van der Waals surface area contributed by atoms with Gasteiger partial charge in [0, 0.05) is 42.6 Å². The van der Waals surface area contributed by atoms with Gasteiger partial charge in [-0.1, -0.05) is 23.7 Å². The first-order chi connectivity index (χ1) is 11.6. The fraction of sp³-hybridized carbons (Fsp3) is 0.316. The van der Waals surface area contributed by atoms with E-state index < -0.39 is 0 Å². The molecule has 0 fully saturated rings. The molecule has 0 aliphatic rings. The Bertz CT molecular complexity index is 659. The number of carbonyl (C=O) groups is 1. The van der Waals surface area contributed by atoms with Gasteiger partial charge in [0.1, 0.15) is 0 Å². The fourth-order valence-electron chi connectivity index (χ4n) is 2.25. The molecule has 2 rings (SSSR count). The van der Waals surface area contributed by atoms with Crippen molar-refractivity contribution in [3.63, 3.8) is 0 Å². The van der Waals surface area contributed by atoms with Gasteiger partial charge in [-0.05, 0) is 55.3 Å². The Morgan fingerprint density at radius 1 is 1.21 bits per heavy atom. The summed E-state index contributed by atoms with van der Waals surface area (Å²) in [5.74, 6) is -0.148. The average molecular weight is 347 g/mol. The van der Waals surface area contributed by atoms with E-state index in [9.17, 15) is 4.79 Å². The van der Waals surface area contributed by atoms with Crippen molar-refractivity contribution in [3.05, 3.63) is 64.7 Å². The van der Waals surface area contributed by atoms with Crippen LogP contribution in [0.15, 0.2) is 48.5 Å². The number of hydrogen-bond acceptors (Lipinski definition) is 3. The number of methoxy groups -OCH3 is 1. The molecule has 1 amide bonds. The molecule has 0 radical (unpaired) electrons. The van der Waals surface area contributed by atoms with Crippen LogP contribution in [0.25, 0.3) is 0 Å². The summed E-state index contributed by atoms with van der Waals surface area (Å²) in [6, 6.07) is 15.0. The molecule has 0 heterocycles. The Kier molecular flexibility index (Phi) is 7.25. The minimum Gasteiger partial charge on any atom is -0.385 e. The third-order valence-corrected chi connectivity index (χ3v) is 3.95. The van der Waals surface area contributed by atoms with Gasteiger partial charge in [0.25, 0.3) is 5.91 Å². The molecular formula is C19H23ClN2O2. The molecule has 24 heavy (non-hydrogen) atoms. The summed E-state index contributed by atoms with van der Waals surface area (Å²) in [6.07, 6.45) is 0.962. The van der Waals surface area contributed by atoms with Crippen LogP contribution in [0.5, 0.6) is 0 Å². The number of anilines is 1. The zero-order valence-corrected chi connectivity index (χ0v) is 14.8. The van der Waals surface area contributed by atoms with E-state index in [2.05, 4.69) is 17.6 Å². The fourth-order valence-corrected chi connectivity index (χ4v) is 2.38. The van der Waals surface area contributed by atoms with Crippen LogP contribution in [0.4, 0.5) is 5.69 Å². The summed E-state index contributed by atoms with van der Waals surface area (Å²) in [6.45, 7) is 3.62. The van der Waals surface area contributed by atoms with E-state index in [0.29, 0.717) is 16.6 Å². The van der Waals surface area contributed by atoms with Crippen molar-refractivity contribution in [1.29, 1.82) is 0 Å². The number of ether oxygens (including phenoxy) is 1. The van der Waals surface area contributed by atoms with Crippen molar-refractivity contribution in [2.24, 2.45) is 0 Å². The highest BCUT2D eigenvalue weighted by molar-refractivity contribution is 6.30. The molecule has 4 nitrogen and oxygen atoms in total. The van der Waals surface area contributed by atoms with E-state index in [0.717, 1.165) is 30.8 Å². The van der Waals surface area contributed by atoms with Crippen molar-refractivity contribution < 1.29 is 9.53 Å². The minimum absolute atomic E-state index is 0.148. The molecule has 128 valence electrons. The molecule has 2 N–H and O–H groups in total. The number of carbonyl (C=O) groups excluding carboxylic acids is 1. The normalized spacial score (nSPS) is 12.0. The number of nitrogens with one attached hydrogen (secondary N) is 2. The van der Waals surface area contributed by atoms with Gasteiger partial charge in [0.05, 0.1) is 0 Å². The first-order valence-corrected chi connectivity index (χ1v) is 8.34. The summed E-state index contributed by atoms with van der Waals surface area (Å²) < 4.78 is 5.08. The van der Waals surface area contributed by atoms with Crippen molar-refractivity contribution in [2.75, 3.05) is 19.0 Å². The van der Waals surface area contributed by atoms with Crippen molar-refractivity contribution in [1.82, 2.24) is 5.32 Å². The second-order valence-electron chi connectivity index (χ2n) is 5.72. The number of amides is 1. The van der Waals surface area contributed by atoms with Crippen LogP contribution in [-0.2, 0) is 11.3 Å². The summed E-state index contributed by atoms with van der Waals surface area (Å²) in [7, 11) is 1.71.